The van der Waals surface area contributed by atoms with E-state index in [0.717, 1.165) is 0 Å². The molecule has 0 bridgehead atoms. The van der Waals surface area contributed by atoms with Crippen LogP contribution in [-0.4, -0.2) is 12.0 Å². The summed E-state index contributed by atoms with van der Waals surface area (Å²) in [4.78, 5) is 11.7. The van der Waals surface area contributed by atoms with Gasteiger partial charge in [-0.15, -0.1) is 0 Å². The van der Waals surface area contributed by atoms with Gasteiger partial charge in [-0.3, -0.25) is 4.79 Å². The Morgan fingerprint density at radius 3 is 1.67 bits per heavy atom. The number of carbonyl (C=O) groups excluding carboxylic acids is 1. The molecule has 0 saturated heterocycles. The molecule has 2 aromatic carbocycles. The van der Waals surface area contributed by atoms with Gasteiger partial charge in [0.05, 0.1) is 11.3 Å². The first kappa shape index (κ1) is 14.8. The molecule has 0 spiro atoms. The molecule has 0 unspecified atom stereocenters. The lowest BCUT2D eigenvalue weighted by atomic mass is 9.96. The molecule has 0 radical (unpaired) electrons. The first-order valence-electron chi connectivity index (χ1n) is 6.13. The minimum Gasteiger partial charge on any atom is -0.398 e. The molecule has 0 heterocycles. The molecule has 21 heavy (non-hydrogen) atoms. The fourth-order valence-corrected chi connectivity index (χ4v) is 1.92. The first-order chi connectivity index (χ1) is 9.91. The van der Waals surface area contributed by atoms with Crippen molar-refractivity contribution in [3.63, 3.8) is 0 Å². The van der Waals surface area contributed by atoms with E-state index in [4.69, 9.17) is 5.73 Å². The maximum absolute atomic E-state index is 12.8. The van der Waals surface area contributed by atoms with E-state index in [1.807, 2.05) is 0 Å². The molecular formula is C16H12F3NO. The number of hydrogen-bond donors (Lipinski definition) is 1. The van der Waals surface area contributed by atoms with Gasteiger partial charge in [0, 0.05) is 0 Å². The van der Waals surface area contributed by atoms with Crippen molar-refractivity contribution in [1.82, 2.24) is 0 Å². The number of carbonyl (C=O) groups is 1. The summed E-state index contributed by atoms with van der Waals surface area (Å²) >= 11 is 0. The SMILES string of the molecule is NC(=C(C(=O)C(F)(F)F)c1ccccc1)c1ccccc1. The molecule has 2 nitrogen and oxygen atoms in total. The molecule has 5 heteroatoms. The lowest BCUT2D eigenvalue weighted by Crippen LogP contribution is -2.25. The Bertz CT molecular complexity index is 661. The lowest BCUT2D eigenvalue weighted by Gasteiger charge is -2.13. The Morgan fingerprint density at radius 2 is 1.24 bits per heavy atom. The summed E-state index contributed by atoms with van der Waals surface area (Å²) in [6.45, 7) is 0. The molecule has 0 saturated carbocycles. The fourth-order valence-electron chi connectivity index (χ4n) is 1.92. The summed E-state index contributed by atoms with van der Waals surface area (Å²) < 4.78 is 38.5. The molecule has 0 aliphatic rings. The molecule has 2 aromatic rings. The molecule has 0 fully saturated rings. The number of alkyl halides is 3. The minimum atomic E-state index is -4.98. The average Bonchev–Trinajstić information content (AvgIpc) is 2.48. The van der Waals surface area contributed by atoms with Crippen LogP contribution in [0.1, 0.15) is 11.1 Å². The smallest absolute Gasteiger partial charge is 0.398 e. The second-order valence-corrected chi connectivity index (χ2v) is 4.35. The highest BCUT2D eigenvalue weighted by molar-refractivity contribution is 6.29. The van der Waals surface area contributed by atoms with Crippen molar-refractivity contribution >= 4 is 17.1 Å². The summed E-state index contributed by atoms with van der Waals surface area (Å²) in [5.74, 6) is -1.95. The normalized spacial score (nSPS) is 12.7. The van der Waals surface area contributed by atoms with Crippen molar-refractivity contribution in [1.29, 1.82) is 0 Å². The van der Waals surface area contributed by atoms with Crippen LogP contribution in [0.5, 0.6) is 0 Å². The number of Topliss-reactive ketones (excluding diaryl/α,β-unsaturated/α-hetero) is 1. The number of hydrogen-bond acceptors (Lipinski definition) is 2. The van der Waals surface area contributed by atoms with E-state index in [9.17, 15) is 18.0 Å². The second kappa shape index (κ2) is 5.83. The van der Waals surface area contributed by atoms with Crippen LogP contribution in [0.4, 0.5) is 13.2 Å². The van der Waals surface area contributed by atoms with Crippen LogP contribution in [0, 0.1) is 0 Å². The van der Waals surface area contributed by atoms with Gasteiger partial charge in [0.2, 0.25) is 0 Å². The maximum atomic E-state index is 12.8. The lowest BCUT2D eigenvalue weighted by molar-refractivity contribution is -0.164. The largest absolute Gasteiger partial charge is 0.454 e. The van der Waals surface area contributed by atoms with E-state index in [2.05, 4.69) is 0 Å². The van der Waals surface area contributed by atoms with E-state index < -0.39 is 17.5 Å². The summed E-state index contributed by atoms with van der Waals surface area (Å²) in [5, 5.41) is 0. The van der Waals surface area contributed by atoms with Crippen LogP contribution >= 0.6 is 0 Å². The number of halogens is 3. The van der Waals surface area contributed by atoms with Crippen LogP contribution in [0.2, 0.25) is 0 Å². The topological polar surface area (TPSA) is 43.1 Å². The number of benzene rings is 2. The third kappa shape index (κ3) is 3.31. The number of rotatable bonds is 3. The monoisotopic (exact) mass is 291 g/mol. The summed E-state index contributed by atoms with van der Waals surface area (Å²) in [6, 6.07) is 15.7. The van der Waals surface area contributed by atoms with E-state index in [-0.39, 0.29) is 11.3 Å². The summed E-state index contributed by atoms with van der Waals surface area (Å²) in [7, 11) is 0. The van der Waals surface area contributed by atoms with E-state index in [1.165, 1.54) is 12.1 Å². The minimum absolute atomic E-state index is 0.140. The number of ketones is 1. The van der Waals surface area contributed by atoms with Gasteiger partial charge in [-0.1, -0.05) is 60.7 Å². The Morgan fingerprint density at radius 1 is 0.810 bits per heavy atom. The van der Waals surface area contributed by atoms with Gasteiger partial charge in [-0.05, 0) is 11.1 Å². The van der Waals surface area contributed by atoms with E-state index in [0.29, 0.717) is 5.56 Å². The van der Waals surface area contributed by atoms with Gasteiger partial charge in [-0.2, -0.15) is 13.2 Å². The van der Waals surface area contributed by atoms with E-state index in [1.54, 1.807) is 48.5 Å². The zero-order chi connectivity index (χ0) is 15.5. The Balaban J connectivity index is 2.65. The van der Waals surface area contributed by atoms with Gasteiger partial charge in [0.15, 0.2) is 0 Å². The number of nitrogens with two attached hydrogens (primary N) is 1. The molecule has 0 amide bonds. The summed E-state index contributed by atoms with van der Waals surface area (Å²) in [6.07, 6.45) is -4.98. The van der Waals surface area contributed by atoms with E-state index >= 15 is 0 Å². The van der Waals surface area contributed by atoms with Gasteiger partial charge in [0.25, 0.3) is 5.78 Å². The molecule has 0 aliphatic heterocycles. The highest BCUT2D eigenvalue weighted by Gasteiger charge is 2.42. The van der Waals surface area contributed by atoms with Crippen LogP contribution in [0.15, 0.2) is 60.7 Å². The van der Waals surface area contributed by atoms with Gasteiger partial charge in [-0.25, -0.2) is 0 Å². The molecule has 0 aliphatic carbocycles. The predicted molar refractivity (Wildman–Crippen MR) is 74.9 cm³/mol. The molecule has 2 N–H and O–H groups in total. The Labute approximate surface area is 119 Å². The van der Waals surface area contributed by atoms with Crippen molar-refractivity contribution in [2.75, 3.05) is 0 Å². The fraction of sp³-hybridized carbons (Fsp3) is 0.0625. The standard InChI is InChI=1S/C16H12F3NO/c17-16(18,19)15(21)13(11-7-3-1-4-8-11)14(20)12-9-5-2-6-10-12/h1-10H,20H2. The van der Waals surface area contributed by atoms with Crippen LogP contribution in [0.25, 0.3) is 11.3 Å². The van der Waals surface area contributed by atoms with Crippen molar-refractivity contribution in [3.8, 4) is 0 Å². The highest BCUT2D eigenvalue weighted by atomic mass is 19.4. The Kier molecular flexibility index (Phi) is 4.12. The van der Waals surface area contributed by atoms with Crippen LogP contribution in [-0.2, 0) is 4.79 Å². The van der Waals surface area contributed by atoms with Gasteiger partial charge in [0.1, 0.15) is 0 Å². The van der Waals surface area contributed by atoms with Crippen molar-refractivity contribution in [2.24, 2.45) is 5.73 Å². The molecule has 108 valence electrons. The second-order valence-electron chi connectivity index (χ2n) is 4.35. The highest BCUT2D eigenvalue weighted by Crippen LogP contribution is 2.30. The number of allylic oxidation sites excluding steroid dienone is 1. The third-order valence-corrected chi connectivity index (χ3v) is 2.90. The molecule has 2 rings (SSSR count). The molecule has 0 aromatic heterocycles. The van der Waals surface area contributed by atoms with Crippen molar-refractivity contribution in [3.05, 3.63) is 71.8 Å². The maximum Gasteiger partial charge on any atom is 0.454 e. The molecule has 0 atom stereocenters. The van der Waals surface area contributed by atoms with Crippen LogP contribution < -0.4 is 5.73 Å². The van der Waals surface area contributed by atoms with Crippen LogP contribution in [0.3, 0.4) is 0 Å². The van der Waals surface area contributed by atoms with Gasteiger partial charge >= 0.3 is 6.18 Å². The first-order valence-corrected chi connectivity index (χ1v) is 6.13. The summed E-state index contributed by atoms with van der Waals surface area (Å²) in [5.41, 5.74) is 5.61. The molecular weight excluding hydrogens is 279 g/mol. The Hall–Kier alpha value is -2.56. The average molecular weight is 291 g/mol. The third-order valence-electron chi connectivity index (χ3n) is 2.90. The predicted octanol–water partition coefficient (Wildman–Crippen LogP) is 3.65. The van der Waals surface area contributed by atoms with Gasteiger partial charge < -0.3 is 5.73 Å². The zero-order valence-corrected chi connectivity index (χ0v) is 10.9. The van der Waals surface area contributed by atoms with Crippen molar-refractivity contribution < 1.29 is 18.0 Å². The van der Waals surface area contributed by atoms with Crippen molar-refractivity contribution in [2.45, 2.75) is 6.18 Å². The zero-order valence-electron chi connectivity index (χ0n) is 10.9. The quantitative estimate of drug-likeness (QED) is 0.693.